The molecule has 5 heteroatoms. The molecule has 1 amide bonds. The van der Waals surface area contributed by atoms with Gasteiger partial charge in [-0.2, -0.15) is 5.10 Å². The maximum absolute atomic E-state index is 11.8. The summed E-state index contributed by atoms with van der Waals surface area (Å²) >= 11 is 5.82. The molecule has 0 bridgehead atoms. The minimum absolute atomic E-state index is 0.0435. The Labute approximate surface area is 123 Å². The van der Waals surface area contributed by atoms with E-state index in [2.05, 4.69) is 10.4 Å². The van der Waals surface area contributed by atoms with E-state index in [4.69, 9.17) is 11.6 Å². The number of benzene rings is 1. The van der Waals surface area contributed by atoms with Crippen LogP contribution in [0.1, 0.15) is 24.9 Å². The highest BCUT2D eigenvalue weighted by molar-refractivity contribution is 6.30. The molecule has 2 rings (SSSR count). The number of hydrogen-bond acceptors (Lipinski definition) is 2. The van der Waals surface area contributed by atoms with E-state index in [1.165, 1.54) is 0 Å². The van der Waals surface area contributed by atoms with Gasteiger partial charge in [0.15, 0.2) is 0 Å². The molecule has 0 aliphatic carbocycles. The van der Waals surface area contributed by atoms with Crippen LogP contribution in [0, 0.1) is 0 Å². The average Bonchev–Trinajstić information content (AvgIpc) is 2.95. The number of rotatable bonds is 6. The summed E-state index contributed by atoms with van der Waals surface area (Å²) in [5.74, 6) is 0.0435. The molecule has 0 aliphatic heterocycles. The number of nitrogens with one attached hydrogen (secondary N) is 1. The summed E-state index contributed by atoms with van der Waals surface area (Å²) in [4.78, 5) is 11.8. The van der Waals surface area contributed by atoms with E-state index in [0.717, 1.165) is 17.0 Å². The Bertz CT molecular complexity index is 537. The molecule has 0 unspecified atom stereocenters. The topological polar surface area (TPSA) is 46.9 Å². The summed E-state index contributed by atoms with van der Waals surface area (Å²) < 4.78 is 1.79. The maximum atomic E-state index is 11.8. The van der Waals surface area contributed by atoms with E-state index < -0.39 is 0 Å². The first kappa shape index (κ1) is 14.6. The van der Waals surface area contributed by atoms with Crippen LogP contribution in [0.15, 0.2) is 42.7 Å². The van der Waals surface area contributed by atoms with Crippen molar-refractivity contribution >= 4 is 17.5 Å². The fourth-order valence-electron chi connectivity index (χ4n) is 1.97. The van der Waals surface area contributed by atoms with Gasteiger partial charge in [-0.05, 0) is 37.1 Å². The Kier molecular flexibility index (Phi) is 5.18. The lowest BCUT2D eigenvalue weighted by atomic mass is 10.1. The number of nitrogens with zero attached hydrogens (tertiary/aromatic N) is 2. The molecule has 0 radical (unpaired) electrons. The van der Waals surface area contributed by atoms with E-state index in [0.29, 0.717) is 13.0 Å². The third-order valence-electron chi connectivity index (χ3n) is 3.11. The number of carbonyl (C=O) groups is 1. The molecule has 2 aromatic rings. The minimum Gasteiger partial charge on any atom is -0.356 e. The lowest BCUT2D eigenvalue weighted by molar-refractivity contribution is -0.121. The average molecular weight is 292 g/mol. The van der Waals surface area contributed by atoms with Crippen molar-refractivity contribution in [3.63, 3.8) is 0 Å². The lowest BCUT2D eigenvalue weighted by Crippen LogP contribution is -2.27. The molecule has 0 aliphatic rings. The van der Waals surface area contributed by atoms with Crippen LogP contribution in [-0.2, 0) is 11.2 Å². The Morgan fingerprint density at radius 1 is 1.40 bits per heavy atom. The van der Waals surface area contributed by atoms with Crippen molar-refractivity contribution in [3.8, 4) is 0 Å². The standard InChI is InChI=1S/C15H18ClN3O/c1-12(19-10-2-8-18-19)11-15(20)17-9-7-13-3-5-14(16)6-4-13/h2-6,8,10,12H,7,9,11H2,1H3,(H,17,20)/t12-/m0/s1. The van der Waals surface area contributed by atoms with Crippen LogP contribution in [-0.4, -0.2) is 22.2 Å². The van der Waals surface area contributed by atoms with Crippen LogP contribution in [0.4, 0.5) is 0 Å². The van der Waals surface area contributed by atoms with Gasteiger partial charge in [-0.25, -0.2) is 0 Å². The van der Waals surface area contributed by atoms with Gasteiger partial charge in [0.25, 0.3) is 0 Å². The van der Waals surface area contributed by atoms with Crippen LogP contribution in [0.3, 0.4) is 0 Å². The first-order chi connectivity index (χ1) is 9.65. The van der Waals surface area contributed by atoms with Gasteiger partial charge in [-0.15, -0.1) is 0 Å². The minimum atomic E-state index is 0.0435. The molecule has 4 nitrogen and oxygen atoms in total. The Hall–Kier alpha value is -1.81. The maximum Gasteiger partial charge on any atom is 0.222 e. The van der Waals surface area contributed by atoms with Crippen molar-refractivity contribution in [2.45, 2.75) is 25.8 Å². The summed E-state index contributed by atoms with van der Waals surface area (Å²) in [5.41, 5.74) is 1.16. The highest BCUT2D eigenvalue weighted by atomic mass is 35.5. The van der Waals surface area contributed by atoms with Crippen molar-refractivity contribution in [2.24, 2.45) is 0 Å². The first-order valence-electron chi connectivity index (χ1n) is 6.65. The smallest absolute Gasteiger partial charge is 0.222 e. The fraction of sp³-hybridized carbons (Fsp3) is 0.333. The van der Waals surface area contributed by atoms with Crippen molar-refractivity contribution in [3.05, 3.63) is 53.3 Å². The Morgan fingerprint density at radius 2 is 2.15 bits per heavy atom. The van der Waals surface area contributed by atoms with E-state index in [1.807, 2.05) is 43.5 Å². The van der Waals surface area contributed by atoms with Crippen molar-refractivity contribution < 1.29 is 4.79 Å². The van der Waals surface area contributed by atoms with E-state index >= 15 is 0 Å². The molecular weight excluding hydrogens is 274 g/mol. The largest absolute Gasteiger partial charge is 0.356 e. The molecule has 0 saturated carbocycles. The zero-order chi connectivity index (χ0) is 14.4. The highest BCUT2D eigenvalue weighted by Crippen LogP contribution is 2.10. The molecule has 20 heavy (non-hydrogen) atoms. The van der Waals surface area contributed by atoms with Crippen LogP contribution >= 0.6 is 11.6 Å². The quantitative estimate of drug-likeness (QED) is 0.889. The van der Waals surface area contributed by atoms with Gasteiger partial charge in [0.2, 0.25) is 5.91 Å². The third kappa shape index (κ3) is 4.38. The third-order valence-corrected chi connectivity index (χ3v) is 3.36. The zero-order valence-electron chi connectivity index (χ0n) is 11.4. The molecule has 1 atom stereocenters. The summed E-state index contributed by atoms with van der Waals surface area (Å²) in [6.45, 7) is 2.61. The second kappa shape index (κ2) is 7.10. The van der Waals surface area contributed by atoms with Crippen molar-refractivity contribution in [1.29, 1.82) is 0 Å². The summed E-state index contributed by atoms with van der Waals surface area (Å²) in [5, 5.41) is 7.78. The Balaban J connectivity index is 1.71. The molecule has 1 aromatic heterocycles. The summed E-state index contributed by atoms with van der Waals surface area (Å²) in [6.07, 6.45) is 4.82. The molecule has 1 aromatic carbocycles. The van der Waals surface area contributed by atoms with Gasteiger partial charge in [0.1, 0.15) is 0 Å². The van der Waals surface area contributed by atoms with Crippen molar-refractivity contribution in [1.82, 2.24) is 15.1 Å². The molecule has 0 saturated heterocycles. The molecule has 106 valence electrons. The number of carbonyl (C=O) groups excluding carboxylic acids is 1. The number of aromatic nitrogens is 2. The Morgan fingerprint density at radius 3 is 2.80 bits per heavy atom. The van der Waals surface area contributed by atoms with Crippen LogP contribution in [0.2, 0.25) is 5.02 Å². The van der Waals surface area contributed by atoms with Crippen molar-refractivity contribution in [2.75, 3.05) is 6.54 Å². The van der Waals surface area contributed by atoms with E-state index in [-0.39, 0.29) is 11.9 Å². The van der Waals surface area contributed by atoms with Crippen LogP contribution in [0.25, 0.3) is 0 Å². The van der Waals surface area contributed by atoms with Gasteiger partial charge in [-0.3, -0.25) is 9.48 Å². The zero-order valence-corrected chi connectivity index (χ0v) is 12.2. The fourth-order valence-corrected chi connectivity index (χ4v) is 2.10. The molecule has 0 spiro atoms. The van der Waals surface area contributed by atoms with Gasteiger partial charge < -0.3 is 5.32 Å². The second-order valence-electron chi connectivity index (χ2n) is 4.77. The number of halogens is 1. The molecule has 1 heterocycles. The van der Waals surface area contributed by atoms with Crippen LogP contribution < -0.4 is 5.32 Å². The highest BCUT2D eigenvalue weighted by Gasteiger charge is 2.10. The summed E-state index contributed by atoms with van der Waals surface area (Å²) in [7, 11) is 0. The monoisotopic (exact) mass is 291 g/mol. The van der Waals surface area contributed by atoms with E-state index in [1.54, 1.807) is 10.9 Å². The van der Waals surface area contributed by atoms with Gasteiger partial charge in [0.05, 0.1) is 6.04 Å². The SMILES string of the molecule is C[C@@H](CC(=O)NCCc1ccc(Cl)cc1)n1cccn1. The van der Waals surface area contributed by atoms with Gasteiger partial charge in [0, 0.05) is 30.4 Å². The predicted molar refractivity (Wildman–Crippen MR) is 79.7 cm³/mol. The molecule has 0 fully saturated rings. The van der Waals surface area contributed by atoms with Gasteiger partial charge in [-0.1, -0.05) is 23.7 Å². The van der Waals surface area contributed by atoms with E-state index in [9.17, 15) is 4.79 Å². The lowest BCUT2D eigenvalue weighted by Gasteiger charge is -2.12. The predicted octanol–water partition coefficient (Wildman–Crippen LogP) is 2.85. The number of hydrogen-bond donors (Lipinski definition) is 1. The second-order valence-corrected chi connectivity index (χ2v) is 5.20. The molecular formula is C15H18ClN3O. The number of amides is 1. The molecule has 1 N–H and O–H groups in total. The summed E-state index contributed by atoms with van der Waals surface area (Å²) in [6, 6.07) is 9.59. The van der Waals surface area contributed by atoms with Gasteiger partial charge >= 0.3 is 0 Å². The first-order valence-corrected chi connectivity index (χ1v) is 7.03. The van der Waals surface area contributed by atoms with Crippen LogP contribution in [0.5, 0.6) is 0 Å². The normalized spacial score (nSPS) is 12.1.